The Kier molecular flexibility index (Phi) is 36.9. The molecule has 0 saturated carbocycles. The molecule has 0 aromatic rings. The summed E-state index contributed by atoms with van der Waals surface area (Å²) < 4.78 is 16.4. The molecule has 0 rings (SSSR count). The third kappa shape index (κ3) is 36.3. The smallest absolute Gasteiger partial charge is 0.462 e. The normalized spacial score (nSPS) is 11.6. The number of nitrogens with zero attached hydrogens (tertiary/aromatic N) is 1. The van der Waals surface area contributed by atoms with Crippen LogP contribution in [0.25, 0.3) is 0 Å². The molecule has 0 radical (unpaired) electrons. The summed E-state index contributed by atoms with van der Waals surface area (Å²) in [6.45, 7) is 12.5. The van der Waals surface area contributed by atoms with Crippen molar-refractivity contribution >= 4 is 12.1 Å². The van der Waals surface area contributed by atoms with E-state index in [0.717, 1.165) is 89.6 Å². The number of ether oxygens (including phenoxy) is 3. The van der Waals surface area contributed by atoms with Crippen LogP contribution in [-0.2, 0) is 19.0 Å². The van der Waals surface area contributed by atoms with Gasteiger partial charge in [-0.3, -0.25) is 4.79 Å². The molecule has 1 N–H and O–H groups in total. The van der Waals surface area contributed by atoms with Crippen LogP contribution in [0.2, 0.25) is 0 Å². The molecule has 0 amide bonds. The predicted molar refractivity (Wildman–Crippen MR) is 206 cm³/mol. The van der Waals surface area contributed by atoms with E-state index in [1.165, 1.54) is 103 Å². The van der Waals surface area contributed by atoms with Crippen molar-refractivity contribution in [3.8, 4) is 0 Å². The number of hydrogen-bond donors (Lipinski definition) is 1. The number of carbonyl (C=O) groups is 2. The van der Waals surface area contributed by atoms with Crippen molar-refractivity contribution in [2.24, 2.45) is 5.92 Å². The van der Waals surface area contributed by atoms with Crippen molar-refractivity contribution in [1.29, 1.82) is 0 Å². The first-order valence-corrected chi connectivity index (χ1v) is 21.2. The highest BCUT2D eigenvalue weighted by atomic mass is 16.7. The molecule has 0 atom stereocenters. The van der Waals surface area contributed by atoms with Gasteiger partial charge < -0.3 is 24.2 Å². The summed E-state index contributed by atoms with van der Waals surface area (Å²) in [5, 5.41) is 9.50. The Balaban J connectivity index is 3.98. The molecule has 0 spiro atoms. The Morgan fingerprint density at radius 1 is 0.531 bits per heavy atom. The van der Waals surface area contributed by atoms with Gasteiger partial charge in [-0.1, -0.05) is 143 Å². The highest BCUT2D eigenvalue weighted by molar-refractivity contribution is 5.69. The number of aliphatic hydroxyl groups is 1. The number of carbonyl (C=O) groups excluding carboxylic acids is 2. The second-order valence-corrected chi connectivity index (χ2v) is 14.9. The van der Waals surface area contributed by atoms with Crippen molar-refractivity contribution < 1.29 is 28.9 Å². The minimum Gasteiger partial charge on any atom is -0.462 e. The molecule has 7 heteroatoms. The van der Waals surface area contributed by atoms with Gasteiger partial charge in [-0.15, -0.1) is 0 Å². The zero-order valence-electron chi connectivity index (χ0n) is 33.1. The third-order valence-electron chi connectivity index (χ3n) is 9.56. The van der Waals surface area contributed by atoms with Crippen molar-refractivity contribution in [2.45, 2.75) is 214 Å². The molecule has 49 heavy (non-hydrogen) atoms. The van der Waals surface area contributed by atoms with Gasteiger partial charge in [0.15, 0.2) is 0 Å². The van der Waals surface area contributed by atoms with E-state index in [2.05, 4.69) is 32.6 Å². The first kappa shape index (κ1) is 47.7. The minimum absolute atomic E-state index is 0.00349. The van der Waals surface area contributed by atoms with E-state index in [1.54, 1.807) is 0 Å². The van der Waals surface area contributed by atoms with Crippen LogP contribution in [0.4, 0.5) is 4.79 Å². The number of rotatable bonds is 38. The second-order valence-electron chi connectivity index (χ2n) is 14.9. The highest BCUT2D eigenvalue weighted by Crippen LogP contribution is 2.18. The summed E-state index contributed by atoms with van der Waals surface area (Å²) in [5.41, 5.74) is 0. The molecule has 0 aromatic carbocycles. The lowest BCUT2D eigenvalue weighted by molar-refractivity contribution is -0.150. The van der Waals surface area contributed by atoms with Crippen LogP contribution < -0.4 is 0 Å². The Morgan fingerprint density at radius 3 is 1.49 bits per heavy atom. The van der Waals surface area contributed by atoms with Gasteiger partial charge in [0.2, 0.25) is 0 Å². The topological polar surface area (TPSA) is 85.3 Å². The van der Waals surface area contributed by atoms with Gasteiger partial charge in [-0.25, -0.2) is 4.79 Å². The van der Waals surface area contributed by atoms with Crippen molar-refractivity contribution in [3.63, 3.8) is 0 Å². The molecule has 0 aromatic heterocycles. The molecule has 7 nitrogen and oxygen atoms in total. The first-order chi connectivity index (χ1) is 23.9. The van der Waals surface area contributed by atoms with E-state index < -0.39 is 6.16 Å². The maximum atomic E-state index is 12.7. The van der Waals surface area contributed by atoms with Gasteiger partial charge in [-0.05, 0) is 76.8 Å². The molecule has 0 bridgehead atoms. The van der Waals surface area contributed by atoms with Gasteiger partial charge in [0.1, 0.15) is 6.10 Å². The number of esters is 1. The fourth-order valence-electron chi connectivity index (χ4n) is 6.40. The minimum atomic E-state index is -0.554. The number of hydrogen-bond acceptors (Lipinski definition) is 7. The van der Waals surface area contributed by atoms with E-state index in [1.807, 2.05) is 0 Å². The van der Waals surface area contributed by atoms with Gasteiger partial charge in [-0.2, -0.15) is 0 Å². The van der Waals surface area contributed by atoms with Crippen LogP contribution in [0.15, 0.2) is 0 Å². The molecular weight excluding hydrogens is 614 g/mol. The largest absolute Gasteiger partial charge is 0.508 e. The van der Waals surface area contributed by atoms with Crippen LogP contribution in [-0.4, -0.2) is 67.7 Å². The van der Waals surface area contributed by atoms with Crippen LogP contribution in [0, 0.1) is 5.92 Å². The summed E-state index contributed by atoms with van der Waals surface area (Å²) in [6.07, 6.45) is 31.5. The third-order valence-corrected chi connectivity index (χ3v) is 9.56. The summed E-state index contributed by atoms with van der Waals surface area (Å²) in [7, 11) is 0. The number of aliphatic hydroxyl groups excluding tert-OH is 1. The fourth-order valence-corrected chi connectivity index (χ4v) is 6.40. The lowest BCUT2D eigenvalue weighted by Crippen LogP contribution is -2.29. The number of unbranched alkanes of at least 4 members (excludes halogenated alkanes) is 19. The Bertz CT molecular complexity index is 687. The lowest BCUT2D eigenvalue weighted by atomic mass is 10.0. The second kappa shape index (κ2) is 37.9. The lowest BCUT2D eigenvalue weighted by Gasteiger charge is -2.21. The Morgan fingerprint density at radius 2 is 0.959 bits per heavy atom. The molecule has 292 valence electrons. The molecule has 0 unspecified atom stereocenters. The molecule has 0 aliphatic rings. The van der Waals surface area contributed by atoms with Crippen molar-refractivity contribution in [2.75, 3.05) is 39.5 Å². The van der Waals surface area contributed by atoms with Crippen LogP contribution in [0.3, 0.4) is 0 Å². The highest BCUT2D eigenvalue weighted by Gasteiger charge is 2.14. The van der Waals surface area contributed by atoms with Crippen molar-refractivity contribution in [1.82, 2.24) is 4.90 Å². The van der Waals surface area contributed by atoms with E-state index in [4.69, 9.17) is 14.2 Å². The molecule has 0 aliphatic carbocycles. The Hall–Kier alpha value is -1.34. The molecule has 0 fully saturated rings. The van der Waals surface area contributed by atoms with E-state index in [0.29, 0.717) is 26.2 Å². The first-order valence-electron chi connectivity index (χ1n) is 21.2. The maximum Gasteiger partial charge on any atom is 0.508 e. The zero-order chi connectivity index (χ0) is 36.0. The van der Waals surface area contributed by atoms with Gasteiger partial charge >= 0.3 is 12.1 Å². The summed E-state index contributed by atoms with van der Waals surface area (Å²) in [4.78, 5) is 26.8. The van der Waals surface area contributed by atoms with Crippen molar-refractivity contribution in [3.05, 3.63) is 0 Å². The van der Waals surface area contributed by atoms with Crippen LogP contribution >= 0.6 is 0 Å². The van der Waals surface area contributed by atoms with E-state index in [9.17, 15) is 14.7 Å². The maximum absolute atomic E-state index is 12.7. The predicted octanol–water partition coefficient (Wildman–Crippen LogP) is 12.0. The van der Waals surface area contributed by atoms with Crippen LogP contribution in [0.1, 0.15) is 207 Å². The van der Waals surface area contributed by atoms with Crippen LogP contribution in [0.5, 0.6) is 0 Å². The summed E-state index contributed by atoms with van der Waals surface area (Å²) in [6, 6.07) is 0. The monoisotopic (exact) mass is 698 g/mol. The molecule has 0 saturated heterocycles. The fraction of sp³-hybridized carbons (Fsp3) is 0.952. The average molecular weight is 698 g/mol. The average Bonchev–Trinajstić information content (AvgIpc) is 3.08. The Labute approximate surface area is 304 Å². The quantitative estimate of drug-likeness (QED) is 0.0507. The van der Waals surface area contributed by atoms with Gasteiger partial charge in [0, 0.05) is 13.0 Å². The van der Waals surface area contributed by atoms with Gasteiger partial charge in [0.25, 0.3) is 0 Å². The van der Waals surface area contributed by atoms with E-state index >= 15 is 0 Å². The van der Waals surface area contributed by atoms with Gasteiger partial charge in [0.05, 0.1) is 19.8 Å². The molecule has 0 aliphatic heterocycles. The summed E-state index contributed by atoms with van der Waals surface area (Å²) in [5.74, 6) is 0.774. The standard InChI is InChI=1S/C42H83NO6/c1-5-7-9-11-16-22-30-40(31-23-17-12-10-8-6-2)49-41(45)32-24-18-13-19-25-33-43(35-36-44)34-26-28-38-48-42(46)47-37-27-20-14-15-21-29-39(3)4/h39-40,44H,5-38H2,1-4H3. The SMILES string of the molecule is CCCCCCCCC(CCCCCCCC)OC(=O)CCCCCCCN(CCO)CCCCOC(=O)OCCCCCCCC(C)C. The molecule has 0 heterocycles. The molecular formula is C42H83NO6. The zero-order valence-corrected chi connectivity index (χ0v) is 33.1. The summed E-state index contributed by atoms with van der Waals surface area (Å²) >= 11 is 0. The van der Waals surface area contributed by atoms with E-state index in [-0.39, 0.29) is 18.7 Å².